The average Bonchev–Trinajstić information content (AvgIpc) is 2.12. The fraction of sp³-hybridized carbons (Fsp3) is 0. The van der Waals surface area contributed by atoms with Gasteiger partial charge < -0.3 is 0 Å². The van der Waals surface area contributed by atoms with Crippen LogP contribution < -0.4 is 0 Å². The predicted molar refractivity (Wildman–Crippen MR) is 51.4 cm³/mol. The van der Waals surface area contributed by atoms with Crippen molar-refractivity contribution in [1.29, 1.82) is 0 Å². The van der Waals surface area contributed by atoms with Gasteiger partial charge in [0.25, 0.3) is 0 Å². The Bertz CT molecular complexity index is 359. The zero-order valence-electron chi connectivity index (χ0n) is 6.84. The second kappa shape index (κ2) is 5.45. The summed E-state index contributed by atoms with van der Waals surface area (Å²) in [5.41, 5.74) is -0.00340. The van der Waals surface area contributed by atoms with Gasteiger partial charge in [-0.2, -0.15) is 0 Å². The Morgan fingerprint density at radius 2 is 1.86 bits per heavy atom. The number of allylic oxidation sites excluding steroid dienone is 1. The predicted octanol–water partition coefficient (Wildman–Crippen LogP) is 2.52. The van der Waals surface area contributed by atoms with Crippen LogP contribution in [0.5, 0.6) is 0 Å². The molecule has 5 heteroatoms. The van der Waals surface area contributed by atoms with E-state index < -0.39 is 37.2 Å². The molecule has 0 aliphatic carbocycles. The van der Waals surface area contributed by atoms with E-state index in [1.807, 2.05) is 0 Å². The molecule has 0 unspecified atom stereocenters. The number of carbonyl (C=O) groups is 1. The van der Waals surface area contributed by atoms with Crippen molar-refractivity contribution >= 4 is 34.6 Å². The molecule has 0 aliphatic heterocycles. The summed E-state index contributed by atoms with van der Waals surface area (Å²) in [7, 11) is 5.44. The minimum absolute atomic E-state index is 0.00340. The Morgan fingerprint density at radius 3 is 2.36 bits per heavy atom. The van der Waals surface area contributed by atoms with Crippen molar-refractivity contribution < 1.29 is 13.6 Å². The quantitative estimate of drug-likeness (QED) is 0.473. The third-order valence-electron chi connectivity index (χ3n) is 1.42. The maximum absolute atomic E-state index is 12.7. The molecular weight excluding hydrogens is 325 g/mol. The molecule has 74 valence electrons. The second-order valence-electron chi connectivity index (χ2n) is 2.41. The number of benzene rings is 1. The average molecular weight is 330 g/mol. The van der Waals surface area contributed by atoms with Crippen molar-refractivity contribution in [2.45, 2.75) is 0 Å². The topological polar surface area (TPSA) is 17.1 Å². The van der Waals surface area contributed by atoms with Gasteiger partial charge in [-0.05, 0) is 0 Å². The van der Waals surface area contributed by atoms with Gasteiger partial charge in [0, 0.05) is 0 Å². The SMILES string of the molecule is O=C(/C=C\[Te]Cl)c1cc(F)cc(F)c1. The van der Waals surface area contributed by atoms with E-state index in [-0.39, 0.29) is 5.56 Å². The molecule has 14 heavy (non-hydrogen) atoms. The summed E-state index contributed by atoms with van der Waals surface area (Å²) in [6.07, 6.45) is 1.24. The maximum atomic E-state index is 12.7. The summed E-state index contributed by atoms with van der Waals surface area (Å²) in [6.45, 7) is 0. The zero-order valence-corrected chi connectivity index (χ0v) is 9.92. The van der Waals surface area contributed by atoms with Crippen LogP contribution in [-0.2, 0) is 0 Å². The number of rotatable bonds is 3. The molecule has 1 rings (SSSR count). The van der Waals surface area contributed by atoms with E-state index in [1.54, 1.807) is 0 Å². The van der Waals surface area contributed by atoms with Gasteiger partial charge in [0.1, 0.15) is 0 Å². The number of hydrogen-bond acceptors (Lipinski definition) is 1. The van der Waals surface area contributed by atoms with Gasteiger partial charge in [0.2, 0.25) is 0 Å². The molecule has 1 aromatic rings. The molecule has 0 aliphatic rings. The summed E-state index contributed by atoms with van der Waals surface area (Å²) >= 11 is -0.802. The summed E-state index contributed by atoms with van der Waals surface area (Å²) in [6, 6.07) is 2.70. The second-order valence-corrected chi connectivity index (χ2v) is 4.89. The molecule has 1 nitrogen and oxygen atoms in total. The Balaban J connectivity index is 2.95. The first-order valence-corrected chi connectivity index (χ1v) is 7.87. The van der Waals surface area contributed by atoms with E-state index in [1.165, 1.54) is 10.2 Å². The van der Waals surface area contributed by atoms with Crippen LogP contribution in [0, 0.1) is 11.6 Å². The first-order valence-electron chi connectivity index (χ1n) is 3.58. The van der Waals surface area contributed by atoms with Crippen LogP contribution in [0.3, 0.4) is 0 Å². The Labute approximate surface area is 93.6 Å². The molecule has 0 spiro atoms. The fourth-order valence-electron chi connectivity index (χ4n) is 0.880. The minimum atomic E-state index is -0.802. The van der Waals surface area contributed by atoms with E-state index in [0.717, 1.165) is 18.2 Å². The fourth-order valence-corrected chi connectivity index (χ4v) is 1.72. The van der Waals surface area contributed by atoms with E-state index >= 15 is 0 Å². The van der Waals surface area contributed by atoms with Crippen LogP contribution in [0.4, 0.5) is 8.78 Å². The number of carbonyl (C=O) groups excluding carboxylic acids is 1. The van der Waals surface area contributed by atoms with Gasteiger partial charge >= 0.3 is 93.7 Å². The van der Waals surface area contributed by atoms with Crippen molar-refractivity contribution in [3.63, 3.8) is 0 Å². The van der Waals surface area contributed by atoms with Crippen LogP contribution in [0.1, 0.15) is 10.4 Å². The standard InChI is InChI=1S/C9H5ClF2OTe/c10-14-2-1-9(13)6-3-7(11)5-8(12)4-6/h1-5H/b2-1-. The van der Waals surface area contributed by atoms with Crippen LogP contribution in [0.15, 0.2) is 28.4 Å². The van der Waals surface area contributed by atoms with Crippen LogP contribution in [-0.4, -0.2) is 25.6 Å². The van der Waals surface area contributed by atoms with Crippen LogP contribution in [0.2, 0.25) is 0 Å². The van der Waals surface area contributed by atoms with E-state index in [4.69, 9.17) is 8.96 Å². The molecule has 0 N–H and O–H groups in total. The third kappa shape index (κ3) is 3.37. The number of ketones is 1. The van der Waals surface area contributed by atoms with Crippen molar-refractivity contribution in [2.75, 3.05) is 0 Å². The molecule has 0 heterocycles. The number of hydrogen-bond donors (Lipinski definition) is 0. The van der Waals surface area contributed by atoms with E-state index in [2.05, 4.69) is 0 Å². The van der Waals surface area contributed by atoms with E-state index in [9.17, 15) is 13.6 Å². The van der Waals surface area contributed by atoms with Crippen LogP contribution >= 0.6 is 8.96 Å². The van der Waals surface area contributed by atoms with E-state index in [0.29, 0.717) is 0 Å². The molecule has 0 saturated heterocycles. The van der Waals surface area contributed by atoms with Crippen molar-refractivity contribution in [2.24, 2.45) is 0 Å². The Kier molecular flexibility index (Phi) is 4.53. The summed E-state index contributed by atoms with van der Waals surface area (Å²) < 4.78 is 26.9. The first kappa shape index (κ1) is 11.6. The molecule has 0 radical (unpaired) electrons. The van der Waals surface area contributed by atoms with Gasteiger partial charge in [-0.15, -0.1) is 0 Å². The summed E-state index contributed by atoms with van der Waals surface area (Å²) in [5.74, 6) is -1.96. The Morgan fingerprint density at radius 1 is 1.29 bits per heavy atom. The molecule has 0 fully saturated rings. The van der Waals surface area contributed by atoms with Gasteiger partial charge in [-0.1, -0.05) is 0 Å². The van der Waals surface area contributed by atoms with Crippen molar-refractivity contribution in [3.05, 3.63) is 45.6 Å². The molecule has 0 bridgehead atoms. The molecule has 0 amide bonds. The monoisotopic (exact) mass is 332 g/mol. The first-order chi connectivity index (χ1) is 6.63. The van der Waals surface area contributed by atoms with Crippen LogP contribution in [0.25, 0.3) is 0 Å². The Hall–Kier alpha value is -0.430. The van der Waals surface area contributed by atoms with Gasteiger partial charge in [-0.25, -0.2) is 0 Å². The van der Waals surface area contributed by atoms with Gasteiger partial charge in [0.05, 0.1) is 0 Å². The van der Waals surface area contributed by atoms with Gasteiger partial charge in [0.15, 0.2) is 0 Å². The molecule has 0 saturated carbocycles. The molecule has 0 aromatic heterocycles. The summed E-state index contributed by atoms with van der Waals surface area (Å²) in [5, 5.41) is 0. The van der Waals surface area contributed by atoms with Gasteiger partial charge in [-0.3, -0.25) is 0 Å². The third-order valence-corrected chi connectivity index (χ3v) is 2.79. The zero-order chi connectivity index (χ0) is 10.6. The molecule has 0 atom stereocenters. The number of halogens is 3. The molecular formula is C9H5ClF2OTe. The summed E-state index contributed by atoms with van der Waals surface area (Å²) in [4.78, 5) is 11.3. The normalized spacial score (nSPS) is 10.8. The molecule has 1 aromatic carbocycles. The van der Waals surface area contributed by atoms with Crippen molar-refractivity contribution in [1.82, 2.24) is 0 Å². The van der Waals surface area contributed by atoms with Crippen molar-refractivity contribution in [3.8, 4) is 0 Å².